The summed E-state index contributed by atoms with van der Waals surface area (Å²) in [6.07, 6.45) is 1.39. The van der Waals surface area contributed by atoms with Crippen LogP contribution in [0.15, 0.2) is 48.9 Å². The highest BCUT2D eigenvalue weighted by Crippen LogP contribution is 2.34. The molecule has 6 rings (SSSR count). The van der Waals surface area contributed by atoms with Gasteiger partial charge >= 0.3 is 6.18 Å². The van der Waals surface area contributed by atoms with Crippen LogP contribution in [0, 0.1) is 5.95 Å². The zero-order valence-electron chi connectivity index (χ0n) is 26.1. The molecule has 3 aromatic heterocycles. The number of aliphatic hydroxyl groups is 1. The molecule has 2 saturated heterocycles. The molecule has 48 heavy (non-hydrogen) atoms. The Labute approximate surface area is 272 Å². The van der Waals surface area contributed by atoms with Gasteiger partial charge in [0.2, 0.25) is 17.8 Å². The monoisotopic (exact) mass is 667 g/mol. The van der Waals surface area contributed by atoms with E-state index in [0.29, 0.717) is 66.5 Å². The Morgan fingerprint density at radius 3 is 2.46 bits per heavy atom. The highest BCUT2D eigenvalue weighted by atomic mass is 19.4. The minimum atomic E-state index is -4.63. The van der Waals surface area contributed by atoms with Gasteiger partial charge in [0.05, 0.1) is 28.6 Å². The molecular weight excluding hydrogens is 634 g/mol. The van der Waals surface area contributed by atoms with Crippen molar-refractivity contribution >= 4 is 34.3 Å². The Hall–Kier alpha value is -4.76. The maximum Gasteiger partial charge on any atom is 0.433 e. The lowest BCUT2D eigenvalue weighted by Gasteiger charge is -2.32. The number of benzene rings is 1. The summed E-state index contributed by atoms with van der Waals surface area (Å²) >= 11 is 0. The average Bonchev–Trinajstić information content (AvgIpc) is 3.44. The van der Waals surface area contributed by atoms with Crippen LogP contribution in [0.1, 0.15) is 84.2 Å². The van der Waals surface area contributed by atoms with Crippen LogP contribution in [0.25, 0.3) is 10.9 Å². The molecule has 0 aliphatic carbocycles. The van der Waals surface area contributed by atoms with Gasteiger partial charge in [0.25, 0.3) is 5.91 Å². The highest BCUT2D eigenvalue weighted by Gasteiger charge is 2.33. The van der Waals surface area contributed by atoms with Crippen molar-refractivity contribution in [2.75, 3.05) is 18.4 Å². The molecule has 1 atom stereocenters. The summed E-state index contributed by atoms with van der Waals surface area (Å²) in [5.74, 6) is -2.57. The molecule has 0 saturated carbocycles. The van der Waals surface area contributed by atoms with Crippen LogP contribution in [0.4, 0.5) is 23.2 Å². The van der Waals surface area contributed by atoms with Gasteiger partial charge < -0.3 is 10.4 Å². The number of pyridine rings is 2. The number of hydrogen-bond acceptors (Lipinski definition) is 8. The number of imide groups is 1. The smallest absolute Gasteiger partial charge is 0.386 e. The predicted molar refractivity (Wildman–Crippen MR) is 165 cm³/mol. The number of carbonyl (C=O) groups is 3. The lowest BCUT2D eigenvalue weighted by atomic mass is 9.91. The predicted octanol–water partition coefficient (Wildman–Crippen LogP) is 4.82. The summed E-state index contributed by atoms with van der Waals surface area (Å²) in [5, 5.41) is 21.3. The van der Waals surface area contributed by atoms with Crippen LogP contribution in [-0.2, 0) is 27.9 Å². The number of piperidine rings is 2. The highest BCUT2D eigenvalue weighted by molar-refractivity contribution is 6.05. The first-order chi connectivity index (χ1) is 22.7. The SMILES string of the molecule is CC(C)(O)c1cc2nn(C3CCN(Cc4cc(C5CCC(=O)NC5=O)cnc4F)CC3)cc2cc1NC(=O)c1ccc(C(F)(F)F)nc1. The number of carbonyl (C=O) groups excluding carboxylic acids is 3. The summed E-state index contributed by atoms with van der Waals surface area (Å²) in [5.41, 5.74) is -0.383. The second-order valence-corrected chi connectivity index (χ2v) is 12.7. The van der Waals surface area contributed by atoms with Crippen LogP contribution in [0.2, 0.25) is 0 Å². The Morgan fingerprint density at radius 2 is 1.81 bits per heavy atom. The number of fused-ring (bicyclic) bond motifs is 1. The molecule has 2 aliphatic heterocycles. The fraction of sp³-hybridized carbons (Fsp3) is 0.394. The molecule has 3 N–H and O–H groups in total. The summed E-state index contributed by atoms with van der Waals surface area (Å²) in [7, 11) is 0. The zero-order valence-corrected chi connectivity index (χ0v) is 26.1. The third-order valence-electron chi connectivity index (χ3n) is 8.78. The zero-order chi connectivity index (χ0) is 34.4. The number of hydrogen-bond donors (Lipinski definition) is 3. The fourth-order valence-electron chi connectivity index (χ4n) is 6.19. The van der Waals surface area contributed by atoms with Crippen LogP contribution >= 0.6 is 0 Å². The number of alkyl halides is 3. The van der Waals surface area contributed by atoms with Crippen molar-refractivity contribution in [3.05, 3.63) is 82.8 Å². The fourth-order valence-corrected chi connectivity index (χ4v) is 6.19. The van der Waals surface area contributed by atoms with E-state index in [0.717, 1.165) is 18.3 Å². The van der Waals surface area contributed by atoms with Crippen molar-refractivity contribution in [2.24, 2.45) is 0 Å². The van der Waals surface area contributed by atoms with Crippen molar-refractivity contribution in [1.29, 1.82) is 0 Å². The number of halogens is 4. The second-order valence-electron chi connectivity index (χ2n) is 12.7. The van der Waals surface area contributed by atoms with Crippen molar-refractivity contribution in [1.82, 2.24) is 30.0 Å². The van der Waals surface area contributed by atoms with Gasteiger partial charge in [-0.3, -0.25) is 34.3 Å². The molecule has 5 heterocycles. The van der Waals surface area contributed by atoms with Crippen LogP contribution in [0.3, 0.4) is 0 Å². The van der Waals surface area contributed by atoms with E-state index >= 15 is 0 Å². The van der Waals surface area contributed by atoms with E-state index in [2.05, 4.69) is 25.5 Å². The van der Waals surface area contributed by atoms with Gasteiger partial charge in [0.15, 0.2) is 0 Å². The van der Waals surface area contributed by atoms with Crippen LogP contribution in [-0.4, -0.2) is 60.6 Å². The molecule has 2 aliphatic rings. The number of nitrogens with one attached hydrogen (secondary N) is 2. The summed E-state index contributed by atoms with van der Waals surface area (Å²) in [6, 6.07) is 6.79. The van der Waals surface area contributed by atoms with Crippen molar-refractivity contribution in [2.45, 2.75) is 69.8 Å². The molecule has 0 bridgehead atoms. The normalized spacial score (nSPS) is 18.3. The van der Waals surface area contributed by atoms with Crippen LogP contribution in [0.5, 0.6) is 0 Å². The topological polar surface area (TPSA) is 142 Å². The van der Waals surface area contributed by atoms with Gasteiger partial charge in [-0.05, 0) is 69.0 Å². The summed E-state index contributed by atoms with van der Waals surface area (Å²) in [4.78, 5) is 46.1. The quantitative estimate of drug-likeness (QED) is 0.145. The van der Waals surface area contributed by atoms with Gasteiger partial charge in [-0.1, -0.05) is 0 Å². The Morgan fingerprint density at radius 1 is 1.06 bits per heavy atom. The number of rotatable bonds is 7. The third-order valence-corrected chi connectivity index (χ3v) is 8.78. The molecule has 11 nitrogen and oxygen atoms in total. The van der Waals surface area contributed by atoms with E-state index in [-0.39, 0.29) is 29.6 Å². The number of aromatic nitrogens is 4. The van der Waals surface area contributed by atoms with Gasteiger partial charge in [0.1, 0.15) is 5.69 Å². The number of likely N-dealkylation sites (tertiary alicyclic amines) is 1. The van der Waals surface area contributed by atoms with Crippen LogP contribution < -0.4 is 10.6 Å². The largest absolute Gasteiger partial charge is 0.433 e. The number of amides is 3. The van der Waals surface area contributed by atoms with Gasteiger partial charge in [-0.2, -0.15) is 22.7 Å². The summed E-state index contributed by atoms with van der Waals surface area (Å²) in [6.45, 7) is 4.69. The molecular formula is C33H33F4N7O4. The van der Waals surface area contributed by atoms with E-state index in [1.54, 1.807) is 32.0 Å². The lowest BCUT2D eigenvalue weighted by molar-refractivity contribution is -0.141. The first-order valence-electron chi connectivity index (χ1n) is 15.5. The maximum absolute atomic E-state index is 14.7. The van der Waals surface area contributed by atoms with Crippen molar-refractivity contribution < 1.29 is 37.1 Å². The van der Waals surface area contributed by atoms with E-state index in [4.69, 9.17) is 5.10 Å². The molecule has 3 amide bonds. The second kappa shape index (κ2) is 12.7. The average molecular weight is 668 g/mol. The number of nitrogens with zero attached hydrogens (tertiary/aromatic N) is 5. The molecule has 0 spiro atoms. The van der Waals surface area contributed by atoms with E-state index in [9.17, 15) is 37.1 Å². The number of anilines is 1. The molecule has 0 radical (unpaired) electrons. The molecule has 1 unspecified atom stereocenters. The molecule has 1 aromatic carbocycles. The molecule has 4 aromatic rings. The molecule has 252 valence electrons. The third kappa shape index (κ3) is 7.06. The van der Waals surface area contributed by atoms with Gasteiger partial charge in [-0.25, -0.2) is 4.98 Å². The molecule has 2 fully saturated rings. The van der Waals surface area contributed by atoms with Crippen molar-refractivity contribution in [3.8, 4) is 0 Å². The lowest BCUT2D eigenvalue weighted by Crippen LogP contribution is -2.39. The standard InChI is InChI=1S/C33H33F4N7O4/c1-32(2,48)24-13-25-20(12-26(24)40-30(46)18-3-5-27(38-14-18)33(35,36)37)17-44(42-25)22-7-9-43(10-8-22)16-21-11-19(15-39-29(21)34)23-4-6-28(45)41-31(23)47/h3,5,11-15,17,22-23,48H,4,6-10,16H2,1-2H3,(H,40,46)(H,41,45,47). The maximum atomic E-state index is 14.7. The first-order valence-corrected chi connectivity index (χ1v) is 15.5. The Bertz CT molecular complexity index is 1880. The van der Waals surface area contributed by atoms with E-state index in [1.165, 1.54) is 6.20 Å². The van der Waals surface area contributed by atoms with Gasteiger partial charge in [0, 0.05) is 66.8 Å². The first kappa shape index (κ1) is 33.2. The van der Waals surface area contributed by atoms with Crippen molar-refractivity contribution in [3.63, 3.8) is 0 Å². The van der Waals surface area contributed by atoms with E-state index < -0.39 is 41.2 Å². The van der Waals surface area contributed by atoms with E-state index in [1.807, 2.05) is 10.9 Å². The minimum Gasteiger partial charge on any atom is -0.386 e. The van der Waals surface area contributed by atoms with Gasteiger partial charge in [-0.15, -0.1) is 0 Å². The molecule has 15 heteroatoms. The Balaban J connectivity index is 1.15. The Kier molecular flexibility index (Phi) is 8.76. The minimum absolute atomic E-state index is 0.0216. The summed E-state index contributed by atoms with van der Waals surface area (Å²) < 4.78 is 55.3.